The molecule has 2 saturated heterocycles. The molecule has 3 rings (SSSR count). The van der Waals surface area contributed by atoms with Gasteiger partial charge in [0.2, 0.25) is 11.8 Å². The first-order chi connectivity index (χ1) is 9.67. The van der Waals surface area contributed by atoms with E-state index in [-0.39, 0.29) is 11.7 Å². The lowest BCUT2D eigenvalue weighted by Crippen LogP contribution is -2.41. The van der Waals surface area contributed by atoms with Crippen molar-refractivity contribution >= 4 is 5.91 Å². The average Bonchev–Trinajstić information content (AvgIpc) is 2.82. The van der Waals surface area contributed by atoms with Gasteiger partial charge in [0, 0.05) is 24.2 Å². The number of carbonyl (C=O) groups is 1. The molecule has 2 aliphatic rings. The number of hydrogen-bond donors (Lipinski definition) is 2. The molecule has 20 heavy (non-hydrogen) atoms. The predicted octanol–water partition coefficient (Wildman–Crippen LogP) is 0.470. The summed E-state index contributed by atoms with van der Waals surface area (Å²) in [5, 5.41) is 3.34. The zero-order valence-corrected chi connectivity index (χ0v) is 11.3. The molecule has 2 fully saturated rings. The van der Waals surface area contributed by atoms with Gasteiger partial charge in [0.25, 0.3) is 0 Å². The molecular formula is C14H19N3O3. The highest BCUT2D eigenvalue weighted by Gasteiger charge is 2.42. The Bertz CT molecular complexity index is 500. The summed E-state index contributed by atoms with van der Waals surface area (Å²) in [5.41, 5.74) is 5.61. The zero-order chi connectivity index (χ0) is 14.0. The standard InChI is InChI=1S/C14H19N3O3/c15-13(18)10-1-4-17-12(7-10)20-11-8-14(19-9-11)2-5-16-6-3-14/h1,4,7,11,16H,2-3,5-6,8-9H2,(H2,15,18). The largest absolute Gasteiger partial charge is 0.472 e. The van der Waals surface area contributed by atoms with Crippen LogP contribution < -0.4 is 15.8 Å². The molecule has 0 aromatic carbocycles. The van der Waals surface area contributed by atoms with Gasteiger partial charge in [-0.2, -0.15) is 0 Å². The lowest BCUT2D eigenvalue weighted by molar-refractivity contribution is -0.0205. The number of pyridine rings is 1. The van der Waals surface area contributed by atoms with Gasteiger partial charge in [-0.25, -0.2) is 4.98 Å². The van der Waals surface area contributed by atoms with Gasteiger partial charge >= 0.3 is 0 Å². The normalized spacial score (nSPS) is 24.7. The maximum atomic E-state index is 11.1. The van der Waals surface area contributed by atoms with Crippen LogP contribution in [0.25, 0.3) is 0 Å². The molecule has 1 aromatic heterocycles. The van der Waals surface area contributed by atoms with Crippen molar-refractivity contribution in [1.82, 2.24) is 10.3 Å². The molecule has 6 heteroatoms. The Kier molecular flexibility index (Phi) is 3.58. The van der Waals surface area contributed by atoms with E-state index in [9.17, 15) is 4.79 Å². The minimum atomic E-state index is -0.477. The van der Waals surface area contributed by atoms with Crippen LogP contribution in [0.3, 0.4) is 0 Å². The second-order valence-electron chi connectivity index (χ2n) is 5.44. The van der Waals surface area contributed by atoms with Crippen molar-refractivity contribution in [3.63, 3.8) is 0 Å². The predicted molar refractivity (Wildman–Crippen MR) is 72.6 cm³/mol. The first kappa shape index (κ1) is 13.3. The lowest BCUT2D eigenvalue weighted by atomic mass is 9.89. The molecule has 1 atom stereocenters. The third-order valence-electron chi connectivity index (χ3n) is 4.00. The highest BCUT2D eigenvalue weighted by atomic mass is 16.6. The van der Waals surface area contributed by atoms with E-state index in [1.165, 1.54) is 6.20 Å². The van der Waals surface area contributed by atoms with E-state index in [4.69, 9.17) is 15.2 Å². The van der Waals surface area contributed by atoms with Crippen LogP contribution in [0.2, 0.25) is 0 Å². The molecule has 0 saturated carbocycles. The molecule has 1 aromatic rings. The number of ether oxygens (including phenoxy) is 2. The topological polar surface area (TPSA) is 86.5 Å². The minimum absolute atomic E-state index is 0.0104. The number of rotatable bonds is 3. The van der Waals surface area contributed by atoms with Gasteiger partial charge in [-0.3, -0.25) is 4.79 Å². The van der Waals surface area contributed by atoms with Crippen LogP contribution in [0.5, 0.6) is 5.88 Å². The van der Waals surface area contributed by atoms with Crippen LogP contribution >= 0.6 is 0 Å². The van der Waals surface area contributed by atoms with Crippen molar-refractivity contribution in [1.29, 1.82) is 0 Å². The van der Waals surface area contributed by atoms with E-state index in [1.54, 1.807) is 12.1 Å². The van der Waals surface area contributed by atoms with Crippen molar-refractivity contribution in [3.05, 3.63) is 23.9 Å². The van der Waals surface area contributed by atoms with Gasteiger partial charge in [-0.05, 0) is 32.0 Å². The first-order valence-corrected chi connectivity index (χ1v) is 6.94. The highest BCUT2D eigenvalue weighted by molar-refractivity contribution is 5.92. The fourth-order valence-corrected chi connectivity index (χ4v) is 2.91. The summed E-state index contributed by atoms with van der Waals surface area (Å²) in [6, 6.07) is 3.16. The molecule has 1 spiro atoms. The van der Waals surface area contributed by atoms with Crippen molar-refractivity contribution < 1.29 is 14.3 Å². The first-order valence-electron chi connectivity index (χ1n) is 6.94. The van der Waals surface area contributed by atoms with E-state index in [0.717, 1.165) is 32.4 Å². The quantitative estimate of drug-likeness (QED) is 0.838. The molecule has 3 N–H and O–H groups in total. The number of hydrogen-bond acceptors (Lipinski definition) is 5. The van der Waals surface area contributed by atoms with Crippen molar-refractivity contribution in [2.75, 3.05) is 19.7 Å². The van der Waals surface area contributed by atoms with Crippen LogP contribution in [0, 0.1) is 0 Å². The molecule has 0 aliphatic carbocycles. The third-order valence-corrected chi connectivity index (χ3v) is 4.00. The number of amides is 1. The Morgan fingerprint density at radius 2 is 2.30 bits per heavy atom. The number of nitrogens with two attached hydrogens (primary N) is 1. The van der Waals surface area contributed by atoms with Crippen LogP contribution in [-0.4, -0.2) is 42.3 Å². The maximum absolute atomic E-state index is 11.1. The van der Waals surface area contributed by atoms with Crippen LogP contribution in [0.1, 0.15) is 29.6 Å². The summed E-state index contributed by atoms with van der Waals surface area (Å²) in [6.07, 6.45) is 4.43. The number of piperidine rings is 1. The van der Waals surface area contributed by atoms with E-state index in [0.29, 0.717) is 18.1 Å². The molecule has 108 valence electrons. The van der Waals surface area contributed by atoms with E-state index >= 15 is 0 Å². The van der Waals surface area contributed by atoms with Crippen LogP contribution in [-0.2, 0) is 4.74 Å². The van der Waals surface area contributed by atoms with E-state index < -0.39 is 5.91 Å². The summed E-state index contributed by atoms with van der Waals surface area (Å²) >= 11 is 0. The van der Waals surface area contributed by atoms with Crippen molar-refractivity contribution in [3.8, 4) is 5.88 Å². The second-order valence-corrected chi connectivity index (χ2v) is 5.44. The van der Waals surface area contributed by atoms with Gasteiger partial charge in [0.15, 0.2) is 0 Å². The lowest BCUT2D eigenvalue weighted by Gasteiger charge is -2.32. The Hall–Kier alpha value is -1.66. The molecule has 0 bridgehead atoms. The minimum Gasteiger partial charge on any atom is -0.472 e. The second kappa shape index (κ2) is 5.38. The molecular weight excluding hydrogens is 258 g/mol. The highest BCUT2D eigenvalue weighted by Crippen LogP contribution is 2.35. The third kappa shape index (κ3) is 2.76. The Labute approximate surface area is 117 Å². The van der Waals surface area contributed by atoms with Gasteiger partial charge in [-0.1, -0.05) is 0 Å². The van der Waals surface area contributed by atoms with Gasteiger partial charge in [0.1, 0.15) is 6.10 Å². The summed E-state index contributed by atoms with van der Waals surface area (Å²) in [7, 11) is 0. The van der Waals surface area contributed by atoms with E-state index in [2.05, 4.69) is 10.3 Å². The zero-order valence-electron chi connectivity index (χ0n) is 11.3. The Morgan fingerprint density at radius 1 is 1.50 bits per heavy atom. The maximum Gasteiger partial charge on any atom is 0.248 e. The number of nitrogens with one attached hydrogen (secondary N) is 1. The smallest absolute Gasteiger partial charge is 0.248 e. The van der Waals surface area contributed by atoms with Gasteiger partial charge in [0.05, 0.1) is 12.2 Å². The van der Waals surface area contributed by atoms with Crippen LogP contribution in [0.4, 0.5) is 0 Å². The van der Waals surface area contributed by atoms with Crippen LogP contribution in [0.15, 0.2) is 18.3 Å². The summed E-state index contributed by atoms with van der Waals surface area (Å²) < 4.78 is 11.8. The SMILES string of the molecule is NC(=O)c1ccnc(OC2COC3(CCNCC3)C2)c1. The Morgan fingerprint density at radius 3 is 3.05 bits per heavy atom. The molecule has 2 aliphatic heterocycles. The number of carbonyl (C=O) groups excluding carboxylic acids is 1. The van der Waals surface area contributed by atoms with Crippen molar-refractivity contribution in [2.24, 2.45) is 5.73 Å². The van der Waals surface area contributed by atoms with Gasteiger partial charge in [-0.15, -0.1) is 0 Å². The summed E-state index contributed by atoms with van der Waals surface area (Å²) in [6.45, 7) is 2.55. The molecule has 0 radical (unpaired) electrons. The fraction of sp³-hybridized carbons (Fsp3) is 0.571. The van der Waals surface area contributed by atoms with Crippen molar-refractivity contribution in [2.45, 2.75) is 31.0 Å². The number of nitrogens with zero attached hydrogens (tertiary/aromatic N) is 1. The molecule has 1 amide bonds. The molecule has 1 unspecified atom stereocenters. The average molecular weight is 277 g/mol. The van der Waals surface area contributed by atoms with Gasteiger partial charge < -0.3 is 20.5 Å². The Balaban J connectivity index is 1.64. The summed E-state index contributed by atoms with van der Waals surface area (Å²) in [4.78, 5) is 15.3. The number of primary amides is 1. The molecule has 6 nitrogen and oxygen atoms in total. The molecule has 3 heterocycles. The number of aromatic nitrogens is 1. The summed E-state index contributed by atoms with van der Waals surface area (Å²) in [5.74, 6) is -0.0457. The van der Waals surface area contributed by atoms with E-state index in [1.807, 2.05) is 0 Å². The monoisotopic (exact) mass is 277 g/mol. The fourth-order valence-electron chi connectivity index (χ4n) is 2.91.